The van der Waals surface area contributed by atoms with Crippen LogP contribution in [0.1, 0.15) is 31.9 Å². The van der Waals surface area contributed by atoms with E-state index in [2.05, 4.69) is 13.8 Å². The summed E-state index contributed by atoms with van der Waals surface area (Å²) >= 11 is 0. The molecule has 0 saturated heterocycles. The van der Waals surface area contributed by atoms with Crippen LogP contribution < -0.4 is 27.4 Å². The Hall–Kier alpha value is -5.42. The van der Waals surface area contributed by atoms with Gasteiger partial charge in [0.15, 0.2) is 0 Å². The van der Waals surface area contributed by atoms with Crippen LogP contribution in [0.4, 0.5) is 0 Å². The van der Waals surface area contributed by atoms with Crippen molar-refractivity contribution >= 4 is 15.4 Å². The van der Waals surface area contributed by atoms with E-state index in [4.69, 9.17) is 27.4 Å². The topological polar surface area (TPSA) is 89.5 Å². The first kappa shape index (κ1) is 35.4. The minimum absolute atomic E-state index is 0.322. The molecule has 0 fully saturated rings. The molecule has 6 aromatic rings. The fraction of sp³-hybridized carbons (Fsp3) is 0.122. The minimum atomic E-state index is -4.12. The zero-order chi connectivity index (χ0) is 35.7. The molecule has 51 heavy (non-hydrogen) atoms. The maximum atomic E-state index is 14.2. The molecule has 0 bridgehead atoms. The SMILES string of the molecule is CC(Oc1ccc(C(C)(C)c2ccc(OP(=O)(Oc3ccccc3)Oc3ccccc3)cc2)cc1)P(=O)(Oc1ccccc1)Oc1ccccc1. The predicted octanol–water partition coefficient (Wildman–Crippen LogP) is 11.7. The molecule has 0 aliphatic heterocycles. The van der Waals surface area contributed by atoms with Gasteiger partial charge < -0.3 is 27.4 Å². The summed E-state index contributed by atoms with van der Waals surface area (Å²) in [5, 5.41) is 0. The molecule has 6 rings (SSSR count). The Kier molecular flexibility index (Phi) is 10.9. The minimum Gasteiger partial charge on any atom is -0.476 e. The highest BCUT2D eigenvalue weighted by Crippen LogP contribution is 2.53. The van der Waals surface area contributed by atoms with Gasteiger partial charge in [0.1, 0.15) is 34.5 Å². The van der Waals surface area contributed by atoms with E-state index in [0.717, 1.165) is 11.1 Å². The van der Waals surface area contributed by atoms with Crippen molar-refractivity contribution in [2.75, 3.05) is 0 Å². The molecule has 1 unspecified atom stereocenters. The summed E-state index contributed by atoms with van der Waals surface area (Å²) in [7, 11) is -7.96. The number of phosphoric ester groups is 1. The maximum Gasteiger partial charge on any atom is 0.647 e. The molecule has 0 aliphatic rings. The molecule has 260 valence electrons. The molecule has 0 aromatic heterocycles. The normalized spacial score (nSPS) is 12.3. The predicted molar refractivity (Wildman–Crippen MR) is 199 cm³/mol. The summed E-state index contributed by atoms with van der Waals surface area (Å²) < 4.78 is 63.5. The monoisotopic (exact) mass is 720 g/mol. The van der Waals surface area contributed by atoms with Crippen LogP contribution in [0.25, 0.3) is 0 Å². The number of hydrogen-bond acceptors (Lipinski definition) is 8. The van der Waals surface area contributed by atoms with Gasteiger partial charge in [-0.1, -0.05) is 111 Å². The number of phosphoric acid groups is 1. The molecule has 0 N–H and O–H groups in total. The second kappa shape index (κ2) is 15.6. The molecular weight excluding hydrogens is 682 g/mol. The maximum absolute atomic E-state index is 14.2. The van der Waals surface area contributed by atoms with Crippen LogP contribution in [0.3, 0.4) is 0 Å². The van der Waals surface area contributed by atoms with E-state index >= 15 is 0 Å². The summed E-state index contributed by atoms with van der Waals surface area (Å²) in [6, 6.07) is 50.2. The molecule has 0 amide bonds. The van der Waals surface area contributed by atoms with E-state index in [1.165, 1.54) is 0 Å². The van der Waals surface area contributed by atoms with Crippen molar-refractivity contribution in [3.63, 3.8) is 0 Å². The largest absolute Gasteiger partial charge is 0.647 e. The van der Waals surface area contributed by atoms with Crippen molar-refractivity contribution in [1.29, 1.82) is 0 Å². The summed E-state index contributed by atoms with van der Waals surface area (Å²) in [4.78, 5) is 0. The van der Waals surface area contributed by atoms with E-state index in [-0.39, 0.29) is 0 Å². The molecule has 0 spiro atoms. The second-order valence-corrected chi connectivity index (χ2v) is 15.7. The highest BCUT2D eigenvalue weighted by atomic mass is 31.2. The van der Waals surface area contributed by atoms with Crippen LogP contribution in [0.15, 0.2) is 170 Å². The van der Waals surface area contributed by atoms with Crippen LogP contribution in [-0.2, 0) is 14.5 Å². The lowest BCUT2D eigenvalue weighted by Gasteiger charge is -2.28. The third kappa shape index (κ3) is 9.23. The average molecular weight is 721 g/mol. The van der Waals surface area contributed by atoms with Crippen molar-refractivity contribution in [2.45, 2.75) is 32.0 Å². The first-order chi connectivity index (χ1) is 24.6. The zero-order valence-electron chi connectivity index (χ0n) is 28.4. The smallest absolute Gasteiger partial charge is 0.476 e. The Morgan fingerprint density at radius 3 is 1.06 bits per heavy atom. The summed E-state index contributed by atoms with van der Waals surface area (Å²) in [5.74, 6) is 1.43. The Morgan fingerprint density at radius 1 is 0.412 bits per heavy atom. The first-order valence-electron chi connectivity index (χ1n) is 16.4. The van der Waals surface area contributed by atoms with Gasteiger partial charge in [0.2, 0.25) is 5.85 Å². The van der Waals surface area contributed by atoms with Crippen molar-refractivity contribution in [1.82, 2.24) is 0 Å². The molecule has 0 aliphatic carbocycles. The van der Waals surface area contributed by atoms with Crippen LogP contribution in [0, 0.1) is 0 Å². The molecule has 1 atom stereocenters. The van der Waals surface area contributed by atoms with E-state index in [1.54, 1.807) is 116 Å². The van der Waals surface area contributed by atoms with Crippen LogP contribution in [-0.4, -0.2) is 5.85 Å². The van der Waals surface area contributed by atoms with E-state index < -0.39 is 26.7 Å². The quantitative estimate of drug-likeness (QED) is 0.0969. The van der Waals surface area contributed by atoms with Gasteiger partial charge >= 0.3 is 15.4 Å². The number of rotatable bonds is 15. The lowest BCUT2D eigenvalue weighted by molar-refractivity contribution is 0.245. The number of ether oxygens (including phenoxy) is 1. The first-order valence-corrected chi connectivity index (χ1v) is 19.4. The van der Waals surface area contributed by atoms with E-state index in [1.807, 2.05) is 60.7 Å². The molecular formula is C41H38O8P2. The van der Waals surface area contributed by atoms with Crippen LogP contribution >= 0.6 is 15.4 Å². The highest BCUT2D eigenvalue weighted by molar-refractivity contribution is 7.55. The fourth-order valence-corrected chi connectivity index (χ4v) is 7.81. The zero-order valence-corrected chi connectivity index (χ0v) is 30.2. The number of benzene rings is 6. The third-order valence-corrected chi connectivity index (χ3v) is 11.2. The Bertz CT molecular complexity index is 1980. The van der Waals surface area contributed by atoms with Crippen molar-refractivity contribution in [3.05, 3.63) is 181 Å². The lowest BCUT2D eigenvalue weighted by atomic mass is 9.78. The molecule has 0 saturated carbocycles. The van der Waals surface area contributed by atoms with E-state index in [9.17, 15) is 9.13 Å². The van der Waals surface area contributed by atoms with Crippen molar-refractivity contribution < 1.29 is 36.5 Å². The van der Waals surface area contributed by atoms with Crippen molar-refractivity contribution in [2.24, 2.45) is 0 Å². The summed E-state index contributed by atoms with van der Waals surface area (Å²) in [5.41, 5.74) is 1.55. The van der Waals surface area contributed by atoms with Crippen molar-refractivity contribution in [3.8, 4) is 34.5 Å². The standard InChI is InChI=1S/C41H38O8P2/c1-32(50(42,45-36-16-8-4-9-17-36)46-37-18-10-5-11-19-37)44-35-28-24-33(25-29-35)41(2,3)34-26-30-40(31-27-34)49-51(43,47-38-20-12-6-13-21-38)48-39-22-14-7-15-23-39/h4-32H,1-3H3. The Labute approximate surface area is 298 Å². The van der Waals surface area contributed by atoms with Gasteiger partial charge in [-0.05, 0) is 90.8 Å². The molecule has 0 heterocycles. The van der Waals surface area contributed by atoms with Gasteiger partial charge in [0.05, 0.1) is 0 Å². The third-order valence-electron chi connectivity index (χ3n) is 7.99. The summed E-state index contributed by atoms with van der Waals surface area (Å²) in [6.45, 7) is 5.86. The van der Waals surface area contributed by atoms with Gasteiger partial charge in [0.25, 0.3) is 0 Å². The Morgan fingerprint density at radius 2 is 0.706 bits per heavy atom. The molecule has 10 heteroatoms. The molecule has 0 radical (unpaired) electrons. The summed E-state index contributed by atoms with van der Waals surface area (Å²) in [6.07, 6.45) is 0. The lowest BCUT2D eigenvalue weighted by Crippen LogP contribution is -2.21. The van der Waals surface area contributed by atoms with Gasteiger partial charge in [0, 0.05) is 5.41 Å². The van der Waals surface area contributed by atoms with Gasteiger partial charge in [-0.2, -0.15) is 4.57 Å². The van der Waals surface area contributed by atoms with Gasteiger partial charge in [-0.15, -0.1) is 0 Å². The molecule has 8 nitrogen and oxygen atoms in total. The fourth-order valence-electron chi connectivity index (χ4n) is 5.14. The van der Waals surface area contributed by atoms with Gasteiger partial charge in [-0.3, -0.25) is 0 Å². The van der Waals surface area contributed by atoms with Crippen LogP contribution in [0.5, 0.6) is 34.5 Å². The molecule has 6 aromatic carbocycles. The highest BCUT2D eigenvalue weighted by Gasteiger charge is 2.39. The van der Waals surface area contributed by atoms with Crippen LogP contribution in [0.2, 0.25) is 0 Å². The second-order valence-electron chi connectivity index (χ2n) is 12.1. The van der Waals surface area contributed by atoms with Gasteiger partial charge in [-0.25, -0.2) is 4.57 Å². The van der Waals surface area contributed by atoms with E-state index in [0.29, 0.717) is 34.5 Å². The average Bonchev–Trinajstić information content (AvgIpc) is 3.13. The Balaban J connectivity index is 1.16. The number of para-hydroxylation sites is 4. The number of hydrogen-bond donors (Lipinski definition) is 0.